The first-order valence-electron chi connectivity index (χ1n) is 6.92. The monoisotopic (exact) mass is 350 g/mol. The van der Waals surface area contributed by atoms with Crippen LogP contribution in [0.1, 0.15) is 39.5 Å². The quantitative estimate of drug-likeness (QED) is 0.320. The number of carbonyl (C=O) groups excluding carboxylic acids is 1. The van der Waals surface area contributed by atoms with Crippen molar-refractivity contribution < 1.29 is 40.8 Å². The van der Waals surface area contributed by atoms with Crippen LogP contribution in [0.5, 0.6) is 0 Å². The van der Waals surface area contributed by atoms with E-state index in [0.29, 0.717) is 25.7 Å². The molecule has 0 heterocycles. The molecule has 0 amide bonds. The average Bonchev–Trinajstić information content (AvgIpc) is 2.43. The number of alkyl halides is 3. The topological polar surface area (TPSA) is 71.1 Å². The van der Waals surface area contributed by atoms with Crippen LogP contribution in [0, 0.1) is 0 Å². The van der Waals surface area contributed by atoms with Gasteiger partial charge in [0.15, 0.2) is 0 Å². The summed E-state index contributed by atoms with van der Waals surface area (Å²) in [4.78, 5) is 11.2. The second kappa shape index (κ2) is 10.2. The number of phosphoric acid groups is 1. The Balaban J connectivity index is 5.03. The smallest absolute Gasteiger partial charge is 0.467 e. The molecule has 0 saturated heterocycles. The average molecular weight is 350 g/mol. The van der Waals surface area contributed by atoms with Gasteiger partial charge in [0.25, 0.3) is 6.10 Å². The summed E-state index contributed by atoms with van der Waals surface area (Å²) in [5.41, 5.74) is 0. The molecule has 0 rings (SSSR count). The van der Waals surface area contributed by atoms with Crippen molar-refractivity contribution in [3.05, 3.63) is 0 Å². The van der Waals surface area contributed by atoms with Gasteiger partial charge >= 0.3 is 20.0 Å². The predicted octanol–water partition coefficient (Wildman–Crippen LogP) is 3.85. The summed E-state index contributed by atoms with van der Waals surface area (Å²) in [6.45, 7) is 3.43. The second-order valence-electron chi connectivity index (χ2n) is 4.37. The molecular weight excluding hydrogens is 328 g/mol. The molecule has 0 N–H and O–H groups in total. The molecule has 0 aromatic carbocycles. The Morgan fingerprint density at radius 1 is 1.09 bits per heavy atom. The van der Waals surface area contributed by atoms with Gasteiger partial charge in [-0.25, -0.2) is 9.36 Å². The molecule has 0 aliphatic heterocycles. The standard InChI is InChI=1S/C12H22F3O6P/c1-4-6-8-19-22(17,20-9-7-5-2)21-10(11(16)18-3)12(13,14)15/h10H,4-9H2,1-3H3. The van der Waals surface area contributed by atoms with Crippen LogP contribution in [0.3, 0.4) is 0 Å². The summed E-state index contributed by atoms with van der Waals surface area (Å²) >= 11 is 0. The Hall–Kier alpha value is -0.630. The lowest BCUT2D eigenvalue weighted by Crippen LogP contribution is -2.39. The minimum Gasteiger partial charge on any atom is -0.467 e. The van der Waals surface area contributed by atoms with Crippen LogP contribution in [-0.4, -0.2) is 38.6 Å². The minimum absolute atomic E-state index is 0.106. The highest BCUT2D eigenvalue weighted by atomic mass is 31.2. The summed E-state index contributed by atoms with van der Waals surface area (Å²) in [7, 11) is -3.75. The van der Waals surface area contributed by atoms with E-state index >= 15 is 0 Å². The Morgan fingerprint density at radius 2 is 1.55 bits per heavy atom. The molecule has 10 heteroatoms. The van der Waals surface area contributed by atoms with Crippen molar-refractivity contribution in [3.63, 3.8) is 0 Å². The number of carbonyl (C=O) groups is 1. The Labute approximate surface area is 127 Å². The number of halogens is 3. The third-order valence-corrected chi connectivity index (χ3v) is 3.91. The van der Waals surface area contributed by atoms with Crippen LogP contribution in [0.2, 0.25) is 0 Å². The van der Waals surface area contributed by atoms with Crippen molar-refractivity contribution in [1.82, 2.24) is 0 Å². The minimum atomic E-state index is -5.09. The molecule has 132 valence electrons. The lowest BCUT2D eigenvalue weighted by molar-refractivity contribution is -0.213. The van der Waals surface area contributed by atoms with E-state index in [1.807, 2.05) is 13.8 Å². The molecule has 0 radical (unpaired) electrons. The van der Waals surface area contributed by atoms with Gasteiger partial charge in [0.2, 0.25) is 0 Å². The van der Waals surface area contributed by atoms with Gasteiger partial charge < -0.3 is 4.74 Å². The van der Waals surface area contributed by atoms with Crippen molar-refractivity contribution in [3.8, 4) is 0 Å². The zero-order chi connectivity index (χ0) is 17.2. The molecule has 0 spiro atoms. The van der Waals surface area contributed by atoms with Crippen LogP contribution >= 0.6 is 7.82 Å². The number of phosphoric ester groups is 1. The molecule has 0 saturated carbocycles. The zero-order valence-electron chi connectivity index (χ0n) is 12.9. The third-order valence-electron chi connectivity index (χ3n) is 2.44. The molecule has 1 atom stereocenters. The van der Waals surface area contributed by atoms with Crippen molar-refractivity contribution in [2.24, 2.45) is 0 Å². The van der Waals surface area contributed by atoms with E-state index in [4.69, 9.17) is 9.05 Å². The van der Waals surface area contributed by atoms with Crippen molar-refractivity contribution in [2.75, 3.05) is 20.3 Å². The van der Waals surface area contributed by atoms with Gasteiger partial charge in [0.1, 0.15) is 0 Å². The Morgan fingerprint density at radius 3 is 1.86 bits per heavy atom. The van der Waals surface area contributed by atoms with E-state index in [1.54, 1.807) is 0 Å². The summed E-state index contributed by atoms with van der Waals surface area (Å²) < 4.78 is 68.7. The van der Waals surface area contributed by atoms with E-state index in [-0.39, 0.29) is 13.2 Å². The molecule has 22 heavy (non-hydrogen) atoms. The lowest BCUT2D eigenvalue weighted by atomic mass is 10.3. The number of rotatable bonds is 11. The van der Waals surface area contributed by atoms with Crippen molar-refractivity contribution >= 4 is 13.8 Å². The first-order chi connectivity index (χ1) is 10.2. The highest BCUT2D eigenvalue weighted by Crippen LogP contribution is 2.52. The fourth-order valence-corrected chi connectivity index (χ4v) is 2.58. The van der Waals surface area contributed by atoms with Gasteiger partial charge in [-0.3, -0.25) is 13.6 Å². The molecule has 0 aromatic heterocycles. The van der Waals surface area contributed by atoms with Gasteiger partial charge in [0.05, 0.1) is 20.3 Å². The maximum Gasteiger partial charge on any atom is 0.475 e. The van der Waals surface area contributed by atoms with E-state index in [2.05, 4.69) is 9.26 Å². The summed E-state index contributed by atoms with van der Waals surface area (Å²) in [6, 6.07) is 0. The molecule has 0 aliphatic rings. The normalized spacial score (nSPS) is 13.9. The summed E-state index contributed by atoms with van der Waals surface area (Å²) in [5.74, 6) is -1.72. The van der Waals surface area contributed by atoms with Gasteiger partial charge in [0, 0.05) is 0 Å². The molecule has 0 fully saturated rings. The van der Waals surface area contributed by atoms with E-state index in [9.17, 15) is 22.5 Å². The molecule has 6 nitrogen and oxygen atoms in total. The highest BCUT2D eigenvalue weighted by molar-refractivity contribution is 7.48. The molecule has 0 aliphatic carbocycles. The third kappa shape index (κ3) is 8.12. The van der Waals surface area contributed by atoms with Crippen molar-refractivity contribution in [1.29, 1.82) is 0 Å². The maximum absolute atomic E-state index is 12.8. The molecule has 0 aromatic rings. The number of hydrogen-bond donors (Lipinski definition) is 0. The molecular formula is C12H22F3O6P. The van der Waals surface area contributed by atoms with Gasteiger partial charge in [-0.2, -0.15) is 13.2 Å². The number of unbranched alkanes of at least 4 members (excludes halogenated alkanes) is 2. The van der Waals surface area contributed by atoms with Crippen LogP contribution in [0.25, 0.3) is 0 Å². The first kappa shape index (κ1) is 21.4. The summed E-state index contributed by atoms with van der Waals surface area (Å²) in [5, 5.41) is 0. The fourth-order valence-electron chi connectivity index (χ4n) is 1.21. The van der Waals surface area contributed by atoms with E-state index < -0.39 is 26.1 Å². The number of ether oxygens (including phenoxy) is 1. The zero-order valence-corrected chi connectivity index (χ0v) is 13.7. The predicted molar refractivity (Wildman–Crippen MR) is 72.3 cm³/mol. The Kier molecular flexibility index (Phi) is 9.91. The van der Waals surface area contributed by atoms with Crippen molar-refractivity contribution in [2.45, 2.75) is 51.8 Å². The SMILES string of the molecule is CCCCOP(=O)(OCCCC)OC(C(=O)OC)C(F)(F)F. The van der Waals surface area contributed by atoms with Gasteiger partial charge in [-0.15, -0.1) is 0 Å². The fraction of sp³-hybridized carbons (Fsp3) is 0.917. The van der Waals surface area contributed by atoms with Gasteiger partial charge in [-0.05, 0) is 12.8 Å². The van der Waals surface area contributed by atoms with Crippen LogP contribution < -0.4 is 0 Å². The van der Waals surface area contributed by atoms with E-state index in [1.165, 1.54) is 0 Å². The van der Waals surface area contributed by atoms with Crippen LogP contribution in [0.4, 0.5) is 13.2 Å². The number of methoxy groups -OCH3 is 1. The summed E-state index contributed by atoms with van der Waals surface area (Å²) in [6.07, 6.45) is -5.85. The number of hydrogen-bond acceptors (Lipinski definition) is 6. The molecule has 0 bridgehead atoms. The van der Waals surface area contributed by atoms with Crippen LogP contribution in [-0.2, 0) is 27.7 Å². The number of esters is 1. The second-order valence-corrected chi connectivity index (χ2v) is 5.99. The first-order valence-corrected chi connectivity index (χ1v) is 8.38. The van der Waals surface area contributed by atoms with Crippen LogP contribution in [0.15, 0.2) is 0 Å². The highest BCUT2D eigenvalue weighted by Gasteiger charge is 2.51. The Bertz CT molecular complexity index is 360. The lowest BCUT2D eigenvalue weighted by Gasteiger charge is -2.24. The van der Waals surface area contributed by atoms with E-state index in [0.717, 1.165) is 7.11 Å². The van der Waals surface area contributed by atoms with Gasteiger partial charge in [-0.1, -0.05) is 26.7 Å². The molecule has 1 unspecified atom stereocenters. The maximum atomic E-state index is 12.8. The largest absolute Gasteiger partial charge is 0.475 e.